The average molecular weight is 631 g/mol. The van der Waals surface area contributed by atoms with Gasteiger partial charge in [-0.1, -0.05) is 87.1 Å². The predicted molar refractivity (Wildman–Crippen MR) is 167 cm³/mol. The molecule has 0 unspecified atom stereocenters. The lowest BCUT2D eigenvalue weighted by Crippen LogP contribution is -2.34. The van der Waals surface area contributed by atoms with Crippen molar-refractivity contribution in [2.75, 3.05) is 13.2 Å². The van der Waals surface area contributed by atoms with Crippen LogP contribution < -0.4 is 20.2 Å². The Labute approximate surface area is 252 Å². The van der Waals surface area contributed by atoms with Crippen molar-refractivity contribution in [3.63, 3.8) is 0 Å². The van der Waals surface area contributed by atoms with Gasteiger partial charge in [0.25, 0.3) is 5.91 Å². The number of halogens is 1. The van der Waals surface area contributed by atoms with Crippen molar-refractivity contribution in [3.8, 4) is 11.5 Å². The first-order valence-corrected chi connectivity index (χ1v) is 15.6. The lowest BCUT2D eigenvalue weighted by molar-refractivity contribution is -0.126. The van der Waals surface area contributed by atoms with Crippen LogP contribution in [0.5, 0.6) is 11.5 Å². The van der Waals surface area contributed by atoms with Gasteiger partial charge in [-0.15, -0.1) is 0 Å². The molecule has 41 heavy (non-hydrogen) atoms. The fraction of sp³-hybridized carbons (Fsp3) is 0.500. The van der Waals surface area contributed by atoms with E-state index in [1.165, 1.54) is 57.6 Å². The molecule has 0 aromatic heterocycles. The van der Waals surface area contributed by atoms with Crippen molar-refractivity contribution < 1.29 is 23.9 Å². The molecule has 0 saturated heterocycles. The molecule has 2 rings (SSSR count). The first kappa shape index (κ1) is 34.0. The number of ether oxygens (including phenoxy) is 2. The Hall–Kier alpha value is -3.20. The lowest BCUT2D eigenvalue weighted by Gasteiger charge is -2.09. The molecule has 2 N–H and O–H groups in total. The van der Waals surface area contributed by atoms with E-state index in [1.807, 2.05) is 6.92 Å². The first-order valence-electron chi connectivity index (χ1n) is 14.8. The number of carbonyl (C=O) groups excluding carboxylic acids is 3. The summed E-state index contributed by atoms with van der Waals surface area (Å²) in [7, 11) is 0. The van der Waals surface area contributed by atoms with Crippen molar-refractivity contribution >= 4 is 39.9 Å². The second-order valence-corrected chi connectivity index (χ2v) is 10.8. The highest BCUT2D eigenvalue weighted by Crippen LogP contribution is 2.23. The fourth-order valence-electron chi connectivity index (χ4n) is 4.16. The van der Waals surface area contributed by atoms with Gasteiger partial charge in [0.1, 0.15) is 11.5 Å². The summed E-state index contributed by atoms with van der Waals surface area (Å²) in [5, 5.41) is 6.59. The summed E-state index contributed by atoms with van der Waals surface area (Å²) in [5.74, 6) is -0.173. The van der Waals surface area contributed by atoms with Gasteiger partial charge in [-0.2, -0.15) is 5.10 Å². The number of esters is 1. The zero-order chi connectivity index (χ0) is 29.7. The summed E-state index contributed by atoms with van der Waals surface area (Å²) < 4.78 is 11.7. The van der Waals surface area contributed by atoms with Gasteiger partial charge >= 0.3 is 5.97 Å². The first-order chi connectivity index (χ1) is 19.9. The molecule has 0 heterocycles. The minimum atomic E-state index is -0.533. The highest BCUT2D eigenvalue weighted by atomic mass is 79.9. The molecule has 0 fully saturated rings. The van der Waals surface area contributed by atoms with E-state index in [1.54, 1.807) is 42.5 Å². The Kier molecular flexibility index (Phi) is 17.1. The predicted octanol–water partition coefficient (Wildman–Crippen LogP) is 7.33. The van der Waals surface area contributed by atoms with E-state index in [2.05, 4.69) is 38.7 Å². The van der Waals surface area contributed by atoms with Gasteiger partial charge in [0.2, 0.25) is 5.91 Å². The summed E-state index contributed by atoms with van der Waals surface area (Å²) in [6.07, 6.45) is 15.2. The van der Waals surface area contributed by atoms with Crippen LogP contribution in [0.1, 0.15) is 107 Å². The Morgan fingerprint density at radius 1 is 0.829 bits per heavy atom. The molecule has 0 saturated carbocycles. The van der Waals surface area contributed by atoms with E-state index in [-0.39, 0.29) is 18.2 Å². The zero-order valence-electron chi connectivity index (χ0n) is 24.4. The maximum Gasteiger partial charge on any atom is 0.343 e. The number of carbonyl (C=O) groups is 3. The van der Waals surface area contributed by atoms with Crippen molar-refractivity contribution in [2.45, 2.75) is 90.9 Å². The summed E-state index contributed by atoms with van der Waals surface area (Å²) >= 11 is 3.39. The van der Waals surface area contributed by atoms with E-state index in [4.69, 9.17) is 9.47 Å². The van der Waals surface area contributed by atoms with Crippen molar-refractivity contribution in [2.24, 2.45) is 5.10 Å². The number of hydrogen-bond donors (Lipinski definition) is 2. The summed E-state index contributed by atoms with van der Waals surface area (Å²) in [6, 6.07) is 11.8. The molecule has 9 heteroatoms. The van der Waals surface area contributed by atoms with Crippen molar-refractivity contribution in [3.05, 3.63) is 58.1 Å². The molecule has 0 aliphatic rings. The fourth-order valence-corrected chi connectivity index (χ4v) is 4.54. The molecule has 0 radical (unpaired) electrons. The third kappa shape index (κ3) is 14.8. The van der Waals surface area contributed by atoms with Gasteiger partial charge < -0.3 is 14.8 Å². The van der Waals surface area contributed by atoms with Gasteiger partial charge in [0, 0.05) is 16.5 Å². The van der Waals surface area contributed by atoms with Gasteiger partial charge in [-0.25, -0.2) is 10.2 Å². The standard InChI is InChI=1S/C32H44BrN3O5/c1-3-5-6-7-8-9-10-11-12-13-14-15-30(37)34-24-31(38)36-35-23-26-22-27(33)18-21-29(26)41-32(39)25-16-19-28(20-17-25)40-4-2/h16-23H,3-15,24H2,1-2H3,(H,34,37)(H,36,38)/b35-23+. The molecule has 0 bridgehead atoms. The maximum absolute atomic E-state index is 12.6. The molecular weight excluding hydrogens is 586 g/mol. The van der Waals surface area contributed by atoms with E-state index in [9.17, 15) is 14.4 Å². The molecule has 224 valence electrons. The molecule has 0 atom stereocenters. The van der Waals surface area contributed by atoms with Crippen molar-refractivity contribution in [1.29, 1.82) is 0 Å². The SMILES string of the molecule is CCCCCCCCCCCCCC(=O)NCC(=O)N/N=C/c1cc(Br)ccc1OC(=O)c1ccc(OCC)cc1. The van der Waals surface area contributed by atoms with Gasteiger partial charge in [0.15, 0.2) is 0 Å². The van der Waals surface area contributed by atoms with E-state index in [0.29, 0.717) is 29.9 Å². The molecule has 0 aliphatic carbocycles. The quantitative estimate of drug-likeness (QED) is 0.0524. The summed E-state index contributed by atoms with van der Waals surface area (Å²) in [6.45, 7) is 4.50. The Bertz CT molecular complexity index is 1110. The lowest BCUT2D eigenvalue weighted by atomic mass is 10.1. The van der Waals surface area contributed by atoms with Crippen LogP contribution in [-0.2, 0) is 9.59 Å². The highest BCUT2D eigenvalue weighted by Gasteiger charge is 2.12. The molecule has 2 amide bonds. The number of amides is 2. The van der Waals surface area contributed by atoms with Gasteiger partial charge in [-0.05, 0) is 55.8 Å². The molecule has 2 aromatic carbocycles. The maximum atomic E-state index is 12.6. The normalized spacial score (nSPS) is 10.9. The van der Waals surface area contributed by atoms with E-state index < -0.39 is 11.9 Å². The Morgan fingerprint density at radius 3 is 2.10 bits per heavy atom. The number of hydrogen-bond acceptors (Lipinski definition) is 6. The highest BCUT2D eigenvalue weighted by molar-refractivity contribution is 9.10. The third-order valence-corrected chi connectivity index (χ3v) is 6.92. The van der Waals surface area contributed by atoms with Crippen LogP contribution >= 0.6 is 15.9 Å². The number of unbranched alkanes of at least 4 members (excludes halogenated alkanes) is 10. The third-order valence-electron chi connectivity index (χ3n) is 6.42. The second kappa shape index (κ2) is 20.6. The zero-order valence-corrected chi connectivity index (χ0v) is 26.0. The molecule has 2 aromatic rings. The Balaban J connectivity index is 1.68. The number of rotatable bonds is 20. The summed E-state index contributed by atoms with van der Waals surface area (Å²) in [4.78, 5) is 36.8. The smallest absolute Gasteiger partial charge is 0.343 e. The number of hydrazone groups is 1. The van der Waals surface area contributed by atoms with Gasteiger partial charge in [0.05, 0.1) is 24.9 Å². The number of nitrogens with zero attached hydrogens (tertiary/aromatic N) is 1. The van der Waals surface area contributed by atoms with Gasteiger partial charge in [-0.3, -0.25) is 9.59 Å². The largest absolute Gasteiger partial charge is 0.494 e. The second-order valence-electron chi connectivity index (χ2n) is 9.88. The summed E-state index contributed by atoms with van der Waals surface area (Å²) in [5.41, 5.74) is 3.25. The number of benzene rings is 2. The van der Waals surface area contributed by atoms with Crippen LogP contribution in [0.3, 0.4) is 0 Å². The average Bonchev–Trinajstić information content (AvgIpc) is 2.96. The minimum Gasteiger partial charge on any atom is -0.494 e. The molecule has 0 aliphatic heterocycles. The van der Waals surface area contributed by atoms with Crippen molar-refractivity contribution in [1.82, 2.24) is 10.7 Å². The Morgan fingerprint density at radius 2 is 1.46 bits per heavy atom. The van der Waals surface area contributed by atoms with Crippen LogP contribution in [0.15, 0.2) is 52.0 Å². The van der Waals surface area contributed by atoms with Crippen LogP contribution in [0.4, 0.5) is 0 Å². The minimum absolute atomic E-state index is 0.143. The van der Waals surface area contributed by atoms with Crippen LogP contribution in [0.2, 0.25) is 0 Å². The van der Waals surface area contributed by atoms with E-state index in [0.717, 1.165) is 23.7 Å². The number of nitrogens with one attached hydrogen (secondary N) is 2. The molecule has 0 spiro atoms. The van der Waals surface area contributed by atoms with E-state index >= 15 is 0 Å². The van der Waals surface area contributed by atoms with Crippen LogP contribution in [-0.4, -0.2) is 37.1 Å². The molecular formula is C32H44BrN3O5. The monoisotopic (exact) mass is 629 g/mol. The van der Waals surface area contributed by atoms with Crippen LogP contribution in [0.25, 0.3) is 0 Å². The topological polar surface area (TPSA) is 106 Å². The molecule has 8 nitrogen and oxygen atoms in total. The van der Waals surface area contributed by atoms with Crippen LogP contribution in [0, 0.1) is 0 Å².